The zero-order chi connectivity index (χ0) is 14.7. The minimum Gasteiger partial charge on any atom is -0.546 e. The SMILES string of the molecule is C[C@H](Oc1ccc(/C=C2/SC(=O)NC2=O)cc1)C(=O)[O-]. The van der Waals surface area contributed by atoms with Crippen LogP contribution >= 0.6 is 11.8 Å². The second kappa shape index (κ2) is 5.79. The number of hydrogen-bond donors (Lipinski definition) is 1. The van der Waals surface area contributed by atoms with Crippen LogP contribution in [0, 0.1) is 0 Å². The lowest BCUT2D eigenvalue weighted by molar-refractivity contribution is -0.312. The molecule has 1 aliphatic rings. The summed E-state index contributed by atoms with van der Waals surface area (Å²) in [4.78, 5) is 33.2. The van der Waals surface area contributed by atoms with Gasteiger partial charge in [0.15, 0.2) is 0 Å². The molecule has 1 aromatic carbocycles. The first-order valence-corrected chi connectivity index (χ1v) is 6.50. The molecule has 1 N–H and O–H groups in total. The van der Waals surface area contributed by atoms with Gasteiger partial charge in [-0.2, -0.15) is 0 Å². The van der Waals surface area contributed by atoms with Crippen LogP contribution in [-0.2, 0) is 9.59 Å². The summed E-state index contributed by atoms with van der Waals surface area (Å²) in [6, 6.07) is 6.46. The molecule has 0 bridgehead atoms. The number of carboxylic acids is 1. The van der Waals surface area contributed by atoms with Gasteiger partial charge in [-0.1, -0.05) is 12.1 Å². The number of thioether (sulfide) groups is 1. The van der Waals surface area contributed by atoms with E-state index in [0.29, 0.717) is 16.2 Å². The Morgan fingerprint density at radius 2 is 2.00 bits per heavy atom. The van der Waals surface area contributed by atoms with E-state index in [1.165, 1.54) is 6.92 Å². The lowest BCUT2D eigenvalue weighted by Gasteiger charge is -2.15. The van der Waals surface area contributed by atoms with Crippen LogP contribution in [0.25, 0.3) is 6.08 Å². The fraction of sp³-hybridized carbons (Fsp3) is 0.154. The Kier molecular flexibility index (Phi) is 4.09. The van der Waals surface area contributed by atoms with E-state index in [1.807, 2.05) is 0 Å². The number of aliphatic carboxylic acids is 1. The third-order valence-electron chi connectivity index (χ3n) is 2.46. The van der Waals surface area contributed by atoms with E-state index in [1.54, 1.807) is 30.3 Å². The van der Waals surface area contributed by atoms with Gasteiger partial charge < -0.3 is 14.6 Å². The summed E-state index contributed by atoms with van der Waals surface area (Å²) in [5, 5.41) is 12.3. The minimum absolute atomic E-state index is 0.312. The van der Waals surface area contributed by atoms with Gasteiger partial charge in [0.1, 0.15) is 11.9 Å². The van der Waals surface area contributed by atoms with Gasteiger partial charge in [-0.15, -0.1) is 0 Å². The highest BCUT2D eigenvalue weighted by molar-refractivity contribution is 8.18. The summed E-state index contributed by atoms with van der Waals surface area (Å²) in [5.74, 6) is -1.34. The first kappa shape index (κ1) is 14.1. The summed E-state index contributed by atoms with van der Waals surface area (Å²) in [6.07, 6.45) is 0.518. The van der Waals surface area contributed by atoms with Gasteiger partial charge in [0.2, 0.25) is 0 Å². The molecule has 1 atom stereocenters. The fourth-order valence-corrected chi connectivity index (χ4v) is 2.15. The molecule has 0 aromatic heterocycles. The predicted molar refractivity (Wildman–Crippen MR) is 70.6 cm³/mol. The van der Waals surface area contributed by atoms with E-state index < -0.39 is 23.2 Å². The molecule has 7 heteroatoms. The summed E-state index contributed by atoms with van der Waals surface area (Å²) in [7, 11) is 0. The van der Waals surface area contributed by atoms with Crippen LogP contribution in [0.4, 0.5) is 4.79 Å². The monoisotopic (exact) mass is 292 g/mol. The fourth-order valence-electron chi connectivity index (χ4n) is 1.47. The summed E-state index contributed by atoms with van der Waals surface area (Å²) < 4.78 is 5.12. The second-order valence-corrected chi connectivity index (χ2v) is 5.02. The molecule has 1 saturated heterocycles. The third-order valence-corrected chi connectivity index (χ3v) is 3.28. The highest BCUT2D eigenvalue weighted by atomic mass is 32.2. The number of hydrogen-bond acceptors (Lipinski definition) is 6. The summed E-state index contributed by atoms with van der Waals surface area (Å²) in [5.41, 5.74) is 0.700. The predicted octanol–water partition coefficient (Wildman–Crippen LogP) is 0.528. The van der Waals surface area contributed by atoms with Crippen molar-refractivity contribution in [3.05, 3.63) is 34.7 Å². The summed E-state index contributed by atoms with van der Waals surface area (Å²) >= 11 is 0.832. The lowest BCUT2D eigenvalue weighted by atomic mass is 10.2. The van der Waals surface area contributed by atoms with Crippen molar-refractivity contribution >= 4 is 35.0 Å². The van der Waals surface area contributed by atoms with Crippen molar-refractivity contribution in [2.75, 3.05) is 0 Å². The topological polar surface area (TPSA) is 95.5 Å². The van der Waals surface area contributed by atoms with Crippen molar-refractivity contribution in [2.24, 2.45) is 0 Å². The molecular formula is C13H10NO5S-. The second-order valence-electron chi connectivity index (χ2n) is 4.00. The Bertz CT molecular complexity index is 593. The van der Waals surface area contributed by atoms with Gasteiger partial charge in [-0.05, 0) is 42.5 Å². The van der Waals surface area contributed by atoms with E-state index in [4.69, 9.17) is 4.74 Å². The molecule has 0 unspecified atom stereocenters. The molecule has 0 saturated carbocycles. The van der Waals surface area contributed by atoms with Crippen LogP contribution in [-0.4, -0.2) is 23.2 Å². The average Bonchev–Trinajstić information content (AvgIpc) is 2.70. The average molecular weight is 292 g/mol. The number of imide groups is 1. The molecule has 0 aliphatic carbocycles. The number of carboxylic acid groups (broad SMARTS) is 1. The standard InChI is InChI=1S/C13H11NO5S/c1-7(12(16)17)19-9-4-2-8(3-5-9)6-10-11(15)14-13(18)20-10/h2-7H,1H3,(H,16,17)(H,14,15,18)/p-1/b10-6+/t7-/m0/s1. The Labute approximate surface area is 118 Å². The molecule has 2 rings (SSSR count). The number of benzene rings is 1. The molecule has 2 amide bonds. The minimum atomic E-state index is -1.30. The third kappa shape index (κ3) is 3.39. The molecule has 1 heterocycles. The number of amides is 2. The van der Waals surface area contributed by atoms with Crippen molar-refractivity contribution in [1.82, 2.24) is 5.32 Å². The van der Waals surface area contributed by atoms with Gasteiger partial charge in [-0.25, -0.2) is 0 Å². The van der Waals surface area contributed by atoms with Gasteiger partial charge >= 0.3 is 0 Å². The van der Waals surface area contributed by atoms with Gasteiger partial charge in [-0.3, -0.25) is 14.9 Å². The number of nitrogens with one attached hydrogen (secondary N) is 1. The van der Waals surface area contributed by atoms with Crippen molar-refractivity contribution in [2.45, 2.75) is 13.0 Å². The maximum atomic E-state index is 11.4. The Morgan fingerprint density at radius 3 is 2.50 bits per heavy atom. The Morgan fingerprint density at radius 1 is 1.35 bits per heavy atom. The zero-order valence-corrected chi connectivity index (χ0v) is 11.2. The van der Waals surface area contributed by atoms with Crippen molar-refractivity contribution in [3.8, 4) is 5.75 Å². The van der Waals surface area contributed by atoms with E-state index >= 15 is 0 Å². The summed E-state index contributed by atoms with van der Waals surface area (Å²) in [6.45, 7) is 1.37. The molecule has 104 valence electrons. The molecule has 0 radical (unpaired) electrons. The molecule has 6 nitrogen and oxygen atoms in total. The van der Waals surface area contributed by atoms with Gasteiger partial charge in [0.05, 0.1) is 10.9 Å². The molecule has 20 heavy (non-hydrogen) atoms. The van der Waals surface area contributed by atoms with E-state index in [9.17, 15) is 19.5 Å². The first-order chi connectivity index (χ1) is 9.45. The Hall–Kier alpha value is -2.28. The van der Waals surface area contributed by atoms with Crippen LogP contribution in [0.2, 0.25) is 0 Å². The van der Waals surface area contributed by atoms with Crippen LogP contribution in [0.5, 0.6) is 5.75 Å². The highest BCUT2D eigenvalue weighted by Gasteiger charge is 2.24. The maximum Gasteiger partial charge on any atom is 0.290 e. The van der Waals surface area contributed by atoms with Crippen LogP contribution in [0.3, 0.4) is 0 Å². The molecule has 1 aromatic rings. The molecular weight excluding hydrogens is 282 g/mol. The smallest absolute Gasteiger partial charge is 0.290 e. The van der Waals surface area contributed by atoms with Crippen LogP contribution < -0.4 is 15.2 Å². The number of rotatable bonds is 4. The van der Waals surface area contributed by atoms with Crippen molar-refractivity contribution < 1.29 is 24.2 Å². The maximum absolute atomic E-state index is 11.4. The molecule has 1 aliphatic heterocycles. The van der Waals surface area contributed by atoms with Crippen molar-refractivity contribution in [3.63, 3.8) is 0 Å². The molecule has 1 fully saturated rings. The van der Waals surface area contributed by atoms with Crippen LogP contribution in [0.1, 0.15) is 12.5 Å². The quantitative estimate of drug-likeness (QED) is 0.813. The molecule has 0 spiro atoms. The number of carbonyl (C=O) groups is 3. The number of ether oxygens (including phenoxy) is 1. The zero-order valence-electron chi connectivity index (χ0n) is 10.4. The first-order valence-electron chi connectivity index (χ1n) is 5.68. The lowest BCUT2D eigenvalue weighted by Crippen LogP contribution is -2.37. The van der Waals surface area contributed by atoms with Crippen LogP contribution in [0.15, 0.2) is 29.2 Å². The number of carbonyl (C=O) groups excluding carboxylic acids is 3. The largest absolute Gasteiger partial charge is 0.546 e. The van der Waals surface area contributed by atoms with Gasteiger partial charge in [0, 0.05) is 0 Å². The van der Waals surface area contributed by atoms with E-state index in [-0.39, 0.29) is 0 Å². The van der Waals surface area contributed by atoms with E-state index in [0.717, 1.165) is 11.8 Å². The normalized spacial score (nSPS) is 17.9. The van der Waals surface area contributed by atoms with Gasteiger partial charge in [0.25, 0.3) is 11.1 Å². The van der Waals surface area contributed by atoms with Crippen molar-refractivity contribution in [1.29, 1.82) is 0 Å². The Balaban J connectivity index is 2.09. The van der Waals surface area contributed by atoms with E-state index in [2.05, 4.69) is 5.32 Å². The highest BCUT2D eigenvalue weighted by Crippen LogP contribution is 2.26.